The zero-order chi connectivity index (χ0) is 15.1. The number of piperidine rings is 1. The first kappa shape index (κ1) is 16.2. The monoisotopic (exact) mass is 291 g/mol. The second-order valence-corrected chi connectivity index (χ2v) is 5.73. The molecule has 1 aromatic rings. The fourth-order valence-corrected chi connectivity index (χ4v) is 3.06. The van der Waals surface area contributed by atoms with E-state index in [4.69, 9.17) is 4.74 Å². The van der Waals surface area contributed by atoms with Crippen molar-refractivity contribution >= 4 is 5.69 Å². The minimum Gasteiger partial charge on any atom is -0.370 e. The van der Waals surface area contributed by atoms with E-state index in [0.717, 1.165) is 44.6 Å². The summed E-state index contributed by atoms with van der Waals surface area (Å²) in [6, 6.07) is 4.30. The number of nitrogens with zero attached hydrogens (tertiary/aromatic N) is 3. The van der Waals surface area contributed by atoms with Crippen LogP contribution in [-0.4, -0.2) is 49.4 Å². The van der Waals surface area contributed by atoms with Crippen LogP contribution in [0.5, 0.6) is 0 Å². The van der Waals surface area contributed by atoms with Crippen LogP contribution in [0.3, 0.4) is 0 Å². The molecule has 0 saturated carbocycles. The molecule has 2 saturated heterocycles. The molecule has 1 aromatic heterocycles. The normalized spacial score (nSPS) is 22.8. The van der Waals surface area contributed by atoms with Crippen LogP contribution in [0.2, 0.25) is 0 Å². The van der Waals surface area contributed by atoms with Gasteiger partial charge >= 0.3 is 0 Å². The van der Waals surface area contributed by atoms with Gasteiger partial charge in [-0.3, -0.25) is 9.88 Å². The lowest BCUT2D eigenvalue weighted by atomic mass is 9.97. The third-order valence-electron chi connectivity index (χ3n) is 4.12. The van der Waals surface area contributed by atoms with Gasteiger partial charge in [-0.25, -0.2) is 0 Å². The number of anilines is 1. The van der Waals surface area contributed by atoms with Crippen LogP contribution in [0, 0.1) is 12.8 Å². The van der Waals surface area contributed by atoms with Gasteiger partial charge in [0.2, 0.25) is 0 Å². The van der Waals surface area contributed by atoms with Crippen molar-refractivity contribution in [3.05, 3.63) is 24.0 Å². The molecule has 2 aliphatic rings. The van der Waals surface area contributed by atoms with E-state index in [9.17, 15) is 0 Å². The molecule has 0 spiro atoms. The summed E-state index contributed by atoms with van der Waals surface area (Å²) in [7, 11) is 0. The molecule has 0 bridgehead atoms. The maximum Gasteiger partial charge on any atom is 0.0991 e. The van der Waals surface area contributed by atoms with Crippen LogP contribution < -0.4 is 4.90 Å². The minimum atomic E-state index is 0.761. The zero-order valence-corrected chi connectivity index (χ0v) is 13.7. The Bertz CT molecular complexity index is 401. The molecule has 21 heavy (non-hydrogen) atoms. The summed E-state index contributed by atoms with van der Waals surface area (Å²) in [6.07, 6.45) is 4.64. The lowest BCUT2D eigenvalue weighted by Crippen LogP contribution is -2.40. The molecule has 4 heteroatoms. The number of hydrogen-bond acceptors (Lipinski definition) is 4. The Morgan fingerprint density at radius 3 is 2.81 bits per heavy atom. The number of rotatable bonds is 3. The Hall–Kier alpha value is -1.13. The molecule has 0 radical (unpaired) electrons. The Morgan fingerprint density at radius 2 is 2.14 bits per heavy atom. The van der Waals surface area contributed by atoms with E-state index >= 15 is 0 Å². The number of pyridine rings is 1. The molecule has 2 aliphatic heterocycles. The van der Waals surface area contributed by atoms with Crippen molar-refractivity contribution in [2.24, 2.45) is 5.92 Å². The maximum atomic E-state index is 5.43. The highest BCUT2D eigenvalue weighted by molar-refractivity contribution is 5.44. The van der Waals surface area contributed by atoms with Gasteiger partial charge in [0.1, 0.15) is 0 Å². The standard InChI is InChI=1S/C15H23N3O.C2H6/c1-13-4-5-15(9-16-13)18-6-2-3-14(11-18)10-17-7-8-19-12-17;1-2/h4-5,9,14H,2-3,6-8,10-12H2,1H3;1-2H3. The fourth-order valence-electron chi connectivity index (χ4n) is 3.06. The van der Waals surface area contributed by atoms with Gasteiger partial charge in [-0.05, 0) is 37.8 Å². The third kappa shape index (κ3) is 4.68. The highest BCUT2D eigenvalue weighted by Crippen LogP contribution is 2.23. The molecule has 3 rings (SSSR count). The molecule has 1 unspecified atom stereocenters. The summed E-state index contributed by atoms with van der Waals surface area (Å²) in [5.74, 6) is 0.761. The molecule has 0 aromatic carbocycles. The molecule has 0 N–H and O–H groups in total. The number of aryl methyl sites for hydroxylation is 1. The van der Waals surface area contributed by atoms with Crippen molar-refractivity contribution in [3.8, 4) is 0 Å². The first-order valence-corrected chi connectivity index (χ1v) is 8.29. The summed E-state index contributed by atoms with van der Waals surface area (Å²) < 4.78 is 5.43. The lowest BCUT2D eigenvalue weighted by molar-refractivity contribution is 0.127. The molecule has 1 atom stereocenters. The Kier molecular flexibility index (Phi) is 6.46. The van der Waals surface area contributed by atoms with Crippen molar-refractivity contribution in [2.75, 3.05) is 44.4 Å². The predicted molar refractivity (Wildman–Crippen MR) is 87.7 cm³/mol. The van der Waals surface area contributed by atoms with Crippen molar-refractivity contribution in [1.82, 2.24) is 9.88 Å². The topological polar surface area (TPSA) is 28.6 Å². The quantitative estimate of drug-likeness (QED) is 0.856. The molecule has 3 heterocycles. The van der Waals surface area contributed by atoms with Crippen LogP contribution in [0.4, 0.5) is 5.69 Å². The Balaban J connectivity index is 0.000000774. The summed E-state index contributed by atoms with van der Waals surface area (Å²) in [4.78, 5) is 9.33. The molecular weight excluding hydrogens is 262 g/mol. The van der Waals surface area contributed by atoms with E-state index < -0.39 is 0 Å². The summed E-state index contributed by atoms with van der Waals surface area (Å²) in [5, 5.41) is 0. The Morgan fingerprint density at radius 1 is 1.29 bits per heavy atom. The highest BCUT2D eigenvalue weighted by atomic mass is 16.5. The average molecular weight is 291 g/mol. The van der Waals surface area contributed by atoms with Gasteiger partial charge in [0.15, 0.2) is 0 Å². The van der Waals surface area contributed by atoms with Crippen molar-refractivity contribution in [3.63, 3.8) is 0 Å². The Labute approximate surface area is 129 Å². The number of hydrogen-bond donors (Lipinski definition) is 0. The fraction of sp³-hybridized carbons (Fsp3) is 0.706. The molecule has 0 amide bonds. The van der Waals surface area contributed by atoms with E-state index in [1.165, 1.54) is 25.1 Å². The van der Waals surface area contributed by atoms with Gasteiger partial charge in [0.05, 0.1) is 25.2 Å². The zero-order valence-electron chi connectivity index (χ0n) is 13.7. The van der Waals surface area contributed by atoms with Crippen molar-refractivity contribution in [1.29, 1.82) is 0 Å². The first-order valence-electron chi connectivity index (χ1n) is 8.29. The van der Waals surface area contributed by atoms with Gasteiger partial charge < -0.3 is 9.64 Å². The molecule has 0 aliphatic carbocycles. The van der Waals surface area contributed by atoms with Crippen LogP contribution in [0.1, 0.15) is 32.4 Å². The highest BCUT2D eigenvalue weighted by Gasteiger charge is 2.23. The smallest absolute Gasteiger partial charge is 0.0991 e. The van der Waals surface area contributed by atoms with Crippen LogP contribution >= 0.6 is 0 Å². The SMILES string of the molecule is CC.Cc1ccc(N2CCCC(CN3CCOC3)C2)cn1. The first-order chi connectivity index (χ1) is 10.3. The second-order valence-electron chi connectivity index (χ2n) is 5.73. The average Bonchev–Trinajstić information content (AvgIpc) is 3.03. The maximum absolute atomic E-state index is 5.43. The van der Waals surface area contributed by atoms with E-state index in [1.807, 2.05) is 27.0 Å². The van der Waals surface area contributed by atoms with Gasteiger partial charge in [-0.15, -0.1) is 0 Å². The number of aromatic nitrogens is 1. The molecule has 118 valence electrons. The summed E-state index contributed by atoms with van der Waals surface area (Å²) >= 11 is 0. The summed E-state index contributed by atoms with van der Waals surface area (Å²) in [6.45, 7) is 12.4. The largest absolute Gasteiger partial charge is 0.370 e. The van der Waals surface area contributed by atoms with Crippen molar-refractivity contribution in [2.45, 2.75) is 33.6 Å². The minimum absolute atomic E-state index is 0.761. The van der Waals surface area contributed by atoms with Gasteiger partial charge in [-0.1, -0.05) is 13.8 Å². The number of ether oxygens (including phenoxy) is 1. The van der Waals surface area contributed by atoms with Gasteiger partial charge in [0, 0.05) is 31.9 Å². The lowest BCUT2D eigenvalue weighted by Gasteiger charge is -2.35. The van der Waals surface area contributed by atoms with Gasteiger partial charge in [-0.2, -0.15) is 0 Å². The molecule has 2 fully saturated rings. The van der Waals surface area contributed by atoms with E-state index in [1.54, 1.807) is 0 Å². The third-order valence-corrected chi connectivity index (χ3v) is 4.12. The van der Waals surface area contributed by atoms with Crippen LogP contribution in [-0.2, 0) is 4.74 Å². The van der Waals surface area contributed by atoms with Crippen LogP contribution in [0.25, 0.3) is 0 Å². The molecular formula is C17H29N3O. The van der Waals surface area contributed by atoms with Crippen LogP contribution in [0.15, 0.2) is 18.3 Å². The van der Waals surface area contributed by atoms with E-state index in [0.29, 0.717) is 0 Å². The van der Waals surface area contributed by atoms with E-state index in [-0.39, 0.29) is 0 Å². The predicted octanol–water partition coefficient (Wildman–Crippen LogP) is 2.92. The second kappa shape index (κ2) is 8.35. The summed E-state index contributed by atoms with van der Waals surface area (Å²) in [5.41, 5.74) is 2.36. The van der Waals surface area contributed by atoms with Crippen molar-refractivity contribution < 1.29 is 4.74 Å². The van der Waals surface area contributed by atoms with Gasteiger partial charge in [0.25, 0.3) is 0 Å². The van der Waals surface area contributed by atoms with E-state index in [2.05, 4.69) is 26.9 Å². The molecule has 4 nitrogen and oxygen atoms in total.